The zero-order valence-corrected chi connectivity index (χ0v) is 19.1. The van der Waals surface area contributed by atoms with E-state index in [9.17, 15) is 14.7 Å². The molecule has 0 spiro atoms. The number of pyridine rings is 2. The van der Waals surface area contributed by atoms with Crippen LogP contribution >= 0.6 is 0 Å². The third-order valence-electron chi connectivity index (χ3n) is 5.35. The Bertz CT molecular complexity index is 1130. The number of carboxylic acids is 1. The maximum absolute atomic E-state index is 12.4. The molecule has 6 nitrogen and oxygen atoms in total. The molecule has 1 amide bonds. The van der Waals surface area contributed by atoms with Gasteiger partial charge in [-0.3, -0.25) is 19.6 Å². The van der Waals surface area contributed by atoms with E-state index < -0.39 is 11.4 Å². The summed E-state index contributed by atoms with van der Waals surface area (Å²) in [6, 6.07) is 13.3. The summed E-state index contributed by atoms with van der Waals surface area (Å²) >= 11 is 0. The van der Waals surface area contributed by atoms with Crippen LogP contribution in [-0.4, -0.2) is 33.5 Å². The maximum Gasteiger partial charge on any atom is 0.310 e. The first-order valence-corrected chi connectivity index (χ1v) is 10.5. The monoisotopic (exact) mass is 431 g/mol. The molecule has 2 N–H and O–H groups in total. The van der Waals surface area contributed by atoms with Crippen LogP contribution in [0.3, 0.4) is 0 Å². The molecule has 166 valence electrons. The average molecular weight is 432 g/mol. The van der Waals surface area contributed by atoms with Crippen molar-refractivity contribution in [1.82, 2.24) is 15.3 Å². The van der Waals surface area contributed by atoms with E-state index in [2.05, 4.69) is 48.2 Å². The van der Waals surface area contributed by atoms with Crippen molar-refractivity contribution in [2.24, 2.45) is 5.41 Å². The van der Waals surface area contributed by atoms with E-state index in [0.717, 1.165) is 27.9 Å². The molecule has 0 bridgehead atoms. The molecule has 0 aliphatic heterocycles. The van der Waals surface area contributed by atoms with Gasteiger partial charge >= 0.3 is 5.97 Å². The van der Waals surface area contributed by atoms with E-state index >= 15 is 0 Å². The predicted octanol–water partition coefficient (Wildman–Crippen LogP) is 4.95. The molecule has 0 saturated carbocycles. The molecule has 0 aliphatic carbocycles. The number of amides is 1. The van der Waals surface area contributed by atoms with Crippen molar-refractivity contribution in [2.45, 2.75) is 40.0 Å². The first kappa shape index (κ1) is 23.1. The van der Waals surface area contributed by atoms with E-state index in [-0.39, 0.29) is 17.9 Å². The van der Waals surface area contributed by atoms with E-state index in [0.29, 0.717) is 5.56 Å². The number of aliphatic carboxylic acids is 1. The van der Waals surface area contributed by atoms with Gasteiger partial charge in [-0.2, -0.15) is 0 Å². The second-order valence-corrected chi connectivity index (χ2v) is 9.59. The van der Waals surface area contributed by atoms with Gasteiger partial charge in [0.25, 0.3) is 5.91 Å². The number of benzene rings is 1. The molecule has 0 saturated heterocycles. The minimum absolute atomic E-state index is 0.0445. The summed E-state index contributed by atoms with van der Waals surface area (Å²) < 4.78 is 0. The van der Waals surface area contributed by atoms with Gasteiger partial charge in [-0.1, -0.05) is 32.9 Å². The standard InChI is InChI=1S/C26H29N3O3/c1-25(2,3)22-13-19(10-11-28-22)21-12-20(14-27-15-21)17-6-8-18(9-7-17)23(30)29-16-26(4,5)24(31)32/h6-15H,16H2,1-5H3,(H,29,30)(H,31,32). The largest absolute Gasteiger partial charge is 0.481 e. The maximum atomic E-state index is 12.4. The highest BCUT2D eigenvalue weighted by atomic mass is 16.4. The lowest BCUT2D eigenvalue weighted by Crippen LogP contribution is -2.38. The summed E-state index contributed by atoms with van der Waals surface area (Å²) in [5, 5.41) is 11.9. The summed E-state index contributed by atoms with van der Waals surface area (Å²) in [4.78, 5) is 32.5. The van der Waals surface area contributed by atoms with Gasteiger partial charge in [-0.25, -0.2) is 0 Å². The number of aromatic nitrogens is 2. The van der Waals surface area contributed by atoms with Crippen LogP contribution in [0.2, 0.25) is 0 Å². The summed E-state index contributed by atoms with van der Waals surface area (Å²) in [5.74, 6) is -1.26. The zero-order chi connectivity index (χ0) is 23.5. The topological polar surface area (TPSA) is 92.2 Å². The third kappa shape index (κ3) is 5.38. The van der Waals surface area contributed by atoms with Crippen molar-refractivity contribution < 1.29 is 14.7 Å². The van der Waals surface area contributed by atoms with Gasteiger partial charge in [0.05, 0.1) is 5.41 Å². The average Bonchev–Trinajstić information content (AvgIpc) is 2.77. The Hall–Kier alpha value is -3.54. The second-order valence-electron chi connectivity index (χ2n) is 9.59. The van der Waals surface area contributed by atoms with Crippen LogP contribution in [0.1, 0.15) is 50.7 Å². The smallest absolute Gasteiger partial charge is 0.310 e. The van der Waals surface area contributed by atoms with Crippen molar-refractivity contribution >= 4 is 11.9 Å². The van der Waals surface area contributed by atoms with E-state index in [1.807, 2.05) is 30.6 Å². The molecule has 32 heavy (non-hydrogen) atoms. The molecule has 3 aromatic rings. The third-order valence-corrected chi connectivity index (χ3v) is 5.35. The van der Waals surface area contributed by atoms with Gasteiger partial charge in [0.15, 0.2) is 0 Å². The first-order valence-electron chi connectivity index (χ1n) is 10.5. The van der Waals surface area contributed by atoms with E-state index in [4.69, 9.17) is 0 Å². The van der Waals surface area contributed by atoms with Crippen LogP contribution in [0.5, 0.6) is 0 Å². The van der Waals surface area contributed by atoms with Gasteiger partial charge in [-0.05, 0) is 55.3 Å². The molecule has 3 rings (SSSR count). The highest BCUT2D eigenvalue weighted by Gasteiger charge is 2.27. The Morgan fingerprint density at radius 2 is 1.50 bits per heavy atom. The predicted molar refractivity (Wildman–Crippen MR) is 125 cm³/mol. The zero-order valence-electron chi connectivity index (χ0n) is 19.1. The number of nitrogens with zero attached hydrogens (tertiary/aromatic N) is 2. The lowest BCUT2D eigenvalue weighted by molar-refractivity contribution is -0.146. The summed E-state index contributed by atoms with van der Waals surface area (Å²) in [7, 11) is 0. The molecular weight excluding hydrogens is 402 g/mol. The normalized spacial score (nSPS) is 11.8. The van der Waals surface area contributed by atoms with Crippen LogP contribution in [0.25, 0.3) is 22.3 Å². The summed E-state index contributed by atoms with van der Waals surface area (Å²) in [6.45, 7) is 9.60. The number of carboxylic acid groups (broad SMARTS) is 1. The van der Waals surface area contributed by atoms with Crippen LogP contribution in [-0.2, 0) is 10.2 Å². The fourth-order valence-corrected chi connectivity index (χ4v) is 3.07. The van der Waals surface area contributed by atoms with Crippen LogP contribution in [0, 0.1) is 5.41 Å². The van der Waals surface area contributed by atoms with Crippen LogP contribution < -0.4 is 5.32 Å². The van der Waals surface area contributed by atoms with Gasteiger partial charge in [-0.15, -0.1) is 0 Å². The molecule has 2 heterocycles. The van der Waals surface area contributed by atoms with Gasteiger partial charge in [0.2, 0.25) is 0 Å². The van der Waals surface area contributed by atoms with Crippen molar-refractivity contribution in [3.05, 3.63) is 72.3 Å². The fourth-order valence-electron chi connectivity index (χ4n) is 3.07. The molecule has 0 unspecified atom stereocenters. The molecule has 0 fully saturated rings. The van der Waals surface area contributed by atoms with Crippen molar-refractivity contribution in [1.29, 1.82) is 0 Å². The number of rotatable bonds is 6. The number of carbonyl (C=O) groups is 2. The molecule has 0 radical (unpaired) electrons. The quantitative estimate of drug-likeness (QED) is 0.576. The van der Waals surface area contributed by atoms with Gasteiger partial charge in [0, 0.05) is 52.9 Å². The van der Waals surface area contributed by atoms with Crippen LogP contribution in [0.4, 0.5) is 0 Å². The lowest BCUT2D eigenvalue weighted by Gasteiger charge is -2.19. The van der Waals surface area contributed by atoms with Crippen molar-refractivity contribution in [3.8, 4) is 22.3 Å². The minimum Gasteiger partial charge on any atom is -0.481 e. The molecule has 0 aliphatic rings. The van der Waals surface area contributed by atoms with Crippen molar-refractivity contribution in [2.75, 3.05) is 6.54 Å². The Morgan fingerprint density at radius 1 is 0.875 bits per heavy atom. The Morgan fingerprint density at radius 3 is 2.09 bits per heavy atom. The Kier molecular flexibility index (Phi) is 6.44. The highest BCUT2D eigenvalue weighted by molar-refractivity contribution is 5.95. The number of carbonyl (C=O) groups excluding carboxylic acids is 1. The summed E-state index contributed by atoms with van der Waals surface area (Å²) in [5.41, 5.74) is 4.34. The first-order chi connectivity index (χ1) is 15.0. The molecule has 1 aromatic carbocycles. The Labute approximate surface area is 188 Å². The Balaban J connectivity index is 1.79. The van der Waals surface area contributed by atoms with Crippen LogP contribution in [0.15, 0.2) is 61.1 Å². The van der Waals surface area contributed by atoms with Crippen molar-refractivity contribution in [3.63, 3.8) is 0 Å². The van der Waals surface area contributed by atoms with E-state index in [1.165, 1.54) is 0 Å². The molecular formula is C26H29N3O3. The number of hydrogen-bond acceptors (Lipinski definition) is 4. The van der Waals surface area contributed by atoms with Gasteiger partial charge in [0.1, 0.15) is 0 Å². The second kappa shape index (κ2) is 8.91. The summed E-state index contributed by atoms with van der Waals surface area (Å²) in [6.07, 6.45) is 5.44. The molecule has 2 aromatic heterocycles. The fraction of sp³-hybridized carbons (Fsp3) is 0.308. The van der Waals surface area contributed by atoms with Gasteiger partial charge < -0.3 is 10.4 Å². The molecule has 0 atom stereocenters. The minimum atomic E-state index is -1.03. The highest BCUT2D eigenvalue weighted by Crippen LogP contribution is 2.28. The lowest BCUT2D eigenvalue weighted by atomic mass is 9.90. The van der Waals surface area contributed by atoms with E-state index in [1.54, 1.807) is 32.2 Å². The SMILES string of the molecule is CC(C)(CNC(=O)c1ccc(-c2cncc(-c3ccnc(C(C)(C)C)c3)c2)cc1)C(=O)O. The number of nitrogens with one attached hydrogen (secondary N) is 1. The molecule has 6 heteroatoms. The number of hydrogen-bond donors (Lipinski definition) is 2.